The van der Waals surface area contributed by atoms with Crippen molar-refractivity contribution in [2.45, 2.75) is 6.42 Å². The second kappa shape index (κ2) is 8.18. The summed E-state index contributed by atoms with van der Waals surface area (Å²) >= 11 is 0. The molecule has 0 atom stereocenters. The maximum absolute atomic E-state index is 12.3. The highest BCUT2D eigenvalue weighted by Gasteiger charge is 2.07. The van der Waals surface area contributed by atoms with Crippen molar-refractivity contribution in [2.24, 2.45) is 0 Å². The summed E-state index contributed by atoms with van der Waals surface area (Å²) < 4.78 is 0. The lowest BCUT2D eigenvalue weighted by Gasteiger charge is -2.07. The van der Waals surface area contributed by atoms with Gasteiger partial charge in [-0.2, -0.15) is 10.2 Å². The molecule has 136 valence electrons. The van der Waals surface area contributed by atoms with Crippen molar-refractivity contribution in [1.82, 2.24) is 20.2 Å². The lowest BCUT2D eigenvalue weighted by Crippen LogP contribution is -2.15. The van der Waals surface area contributed by atoms with Crippen molar-refractivity contribution in [3.63, 3.8) is 0 Å². The number of nitrogens with zero attached hydrogens (tertiary/aromatic N) is 4. The van der Waals surface area contributed by atoms with Gasteiger partial charge in [0.25, 0.3) is 0 Å². The van der Waals surface area contributed by atoms with Crippen molar-refractivity contribution in [3.8, 4) is 22.4 Å². The number of carbonyl (C=O) groups is 1. The van der Waals surface area contributed by atoms with E-state index in [1.165, 1.54) is 0 Å². The molecule has 0 bridgehead atoms. The fourth-order valence-electron chi connectivity index (χ4n) is 2.81. The van der Waals surface area contributed by atoms with Crippen molar-refractivity contribution in [1.29, 1.82) is 0 Å². The highest BCUT2D eigenvalue weighted by atomic mass is 16.1. The number of carbonyl (C=O) groups excluding carboxylic acids is 1. The molecule has 6 nitrogen and oxygen atoms in total. The number of hydrogen-bond donors (Lipinski definition) is 1. The Balaban J connectivity index is 1.38. The normalized spacial score (nSPS) is 10.4. The first-order valence-electron chi connectivity index (χ1n) is 8.81. The molecule has 4 rings (SSSR count). The second-order valence-corrected chi connectivity index (χ2v) is 6.20. The Morgan fingerprint density at radius 3 is 2.25 bits per heavy atom. The minimum absolute atomic E-state index is 0.114. The van der Waals surface area contributed by atoms with E-state index in [0.29, 0.717) is 5.82 Å². The summed E-state index contributed by atoms with van der Waals surface area (Å²) in [6, 6.07) is 19.1. The third-order valence-electron chi connectivity index (χ3n) is 4.23. The smallest absolute Gasteiger partial charge is 0.229 e. The quantitative estimate of drug-likeness (QED) is 0.580. The molecule has 0 fully saturated rings. The maximum Gasteiger partial charge on any atom is 0.229 e. The Hall–Kier alpha value is -3.93. The minimum atomic E-state index is -0.114. The molecule has 1 amide bonds. The summed E-state index contributed by atoms with van der Waals surface area (Å²) in [4.78, 5) is 20.6. The maximum atomic E-state index is 12.3. The van der Waals surface area contributed by atoms with Gasteiger partial charge in [0.1, 0.15) is 5.82 Å². The van der Waals surface area contributed by atoms with E-state index in [0.717, 1.165) is 27.9 Å². The van der Waals surface area contributed by atoms with Crippen molar-refractivity contribution >= 4 is 11.7 Å². The molecule has 0 saturated carbocycles. The van der Waals surface area contributed by atoms with Gasteiger partial charge in [-0.3, -0.25) is 9.78 Å². The van der Waals surface area contributed by atoms with Crippen LogP contribution in [0, 0.1) is 0 Å². The Kier molecular flexibility index (Phi) is 5.11. The lowest BCUT2D eigenvalue weighted by atomic mass is 10.0. The standard InChI is InChI=1S/C22H17N5O/c28-22(14-16-3-5-17(6-4-16)18-9-12-23-13-10-18)26-21-8-7-19(15-24-21)20-2-1-11-25-27-20/h1-13,15H,14H2,(H,24,26,28). The van der Waals surface area contributed by atoms with Gasteiger partial charge < -0.3 is 5.32 Å². The third-order valence-corrected chi connectivity index (χ3v) is 4.23. The molecule has 0 aliphatic carbocycles. The molecule has 0 saturated heterocycles. The van der Waals surface area contributed by atoms with Gasteiger partial charge in [0, 0.05) is 30.4 Å². The molecule has 1 aromatic carbocycles. The third kappa shape index (κ3) is 4.24. The molecular formula is C22H17N5O. The largest absolute Gasteiger partial charge is 0.310 e. The molecule has 1 N–H and O–H groups in total. The van der Waals surface area contributed by atoms with Crippen molar-refractivity contribution in [2.75, 3.05) is 5.32 Å². The summed E-state index contributed by atoms with van der Waals surface area (Å²) in [6.07, 6.45) is 7.10. The molecule has 0 radical (unpaired) electrons. The predicted octanol–water partition coefficient (Wildman–Crippen LogP) is 3.78. The zero-order valence-corrected chi connectivity index (χ0v) is 15.0. The number of rotatable bonds is 5. The Bertz CT molecular complexity index is 963. The molecule has 0 spiro atoms. The molecule has 6 heteroatoms. The van der Waals surface area contributed by atoms with Crippen LogP contribution < -0.4 is 5.32 Å². The fraction of sp³-hybridized carbons (Fsp3) is 0.0455. The van der Waals surface area contributed by atoms with E-state index in [2.05, 4.69) is 25.5 Å². The van der Waals surface area contributed by atoms with Crippen LogP contribution >= 0.6 is 0 Å². The topological polar surface area (TPSA) is 80.7 Å². The van der Waals surface area contributed by atoms with Crippen LogP contribution in [-0.4, -0.2) is 26.1 Å². The zero-order chi connectivity index (χ0) is 19.2. The van der Waals surface area contributed by atoms with Crippen LogP contribution in [0.2, 0.25) is 0 Å². The van der Waals surface area contributed by atoms with E-state index in [-0.39, 0.29) is 12.3 Å². The van der Waals surface area contributed by atoms with Crippen LogP contribution in [0.5, 0.6) is 0 Å². The van der Waals surface area contributed by atoms with Gasteiger partial charge in [-0.1, -0.05) is 24.3 Å². The predicted molar refractivity (Wildman–Crippen MR) is 107 cm³/mol. The van der Waals surface area contributed by atoms with Gasteiger partial charge in [-0.05, 0) is 53.1 Å². The monoisotopic (exact) mass is 367 g/mol. The van der Waals surface area contributed by atoms with Crippen LogP contribution in [0.3, 0.4) is 0 Å². The van der Waals surface area contributed by atoms with Crippen LogP contribution in [-0.2, 0) is 11.2 Å². The number of hydrogen-bond acceptors (Lipinski definition) is 5. The number of pyridine rings is 2. The first-order chi connectivity index (χ1) is 13.8. The number of nitrogens with one attached hydrogen (secondary N) is 1. The van der Waals surface area contributed by atoms with Gasteiger partial charge in [0.15, 0.2) is 0 Å². The highest BCUT2D eigenvalue weighted by molar-refractivity contribution is 5.91. The Morgan fingerprint density at radius 1 is 0.821 bits per heavy atom. The summed E-state index contributed by atoms with van der Waals surface area (Å²) in [7, 11) is 0. The molecule has 0 aliphatic heterocycles. The van der Waals surface area contributed by atoms with E-state index in [4.69, 9.17) is 0 Å². The van der Waals surface area contributed by atoms with Crippen molar-refractivity contribution in [3.05, 3.63) is 91.0 Å². The average molecular weight is 367 g/mol. The zero-order valence-electron chi connectivity index (χ0n) is 15.0. The average Bonchev–Trinajstić information content (AvgIpc) is 2.76. The summed E-state index contributed by atoms with van der Waals surface area (Å²) in [5, 5.41) is 10.7. The highest BCUT2D eigenvalue weighted by Crippen LogP contribution is 2.19. The van der Waals surface area contributed by atoms with Gasteiger partial charge in [-0.25, -0.2) is 4.98 Å². The number of anilines is 1. The van der Waals surface area contributed by atoms with E-state index in [1.54, 1.807) is 30.9 Å². The molecule has 28 heavy (non-hydrogen) atoms. The summed E-state index contributed by atoms with van der Waals surface area (Å²) in [6.45, 7) is 0. The van der Waals surface area contributed by atoms with Crippen LogP contribution in [0.25, 0.3) is 22.4 Å². The molecule has 0 aliphatic rings. The van der Waals surface area contributed by atoms with Gasteiger partial charge in [0.2, 0.25) is 5.91 Å². The Morgan fingerprint density at radius 2 is 1.57 bits per heavy atom. The van der Waals surface area contributed by atoms with Crippen LogP contribution in [0.4, 0.5) is 5.82 Å². The van der Waals surface area contributed by atoms with E-state index < -0.39 is 0 Å². The van der Waals surface area contributed by atoms with Crippen molar-refractivity contribution < 1.29 is 4.79 Å². The van der Waals surface area contributed by atoms with E-state index in [1.807, 2.05) is 54.6 Å². The van der Waals surface area contributed by atoms with Gasteiger partial charge in [0.05, 0.1) is 12.1 Å². The summed E-state index contributed by atoms with van der Waals surface area (Å²) in [5.41, 5.74) is 4.71. The molecule has 3 aromatic heterocycles. The van der Waals surface area contributed by atoms with Gasteiger partial charge >= 0.3 is 0 Å². The lowest BCUT2D eigenvalue weighted by molar-refractivity contribution is -0.115. The first-order valence-corrected chi connectivity index (χ1v) is 8.81. The SMILES string of the molecule is O=C(Cc1ccc(-c2ccncc2)cc1)Nc1ccc(-c2cccnn2)cn1. The first kappa shape index (κ1) is 17.5. The Labute approximate surface area is 162 Å². The number of amides is 1. The number of aromatic nitrogens is 4. The second-order valence-electron chi connectivity index (χ2n) is 6.20. The van der Waals surface area contributed by atoms with Crippen LogP contribution in [0.1, 0.15) is 5.56 Å². The van der Waals surface area contributed by atoms with E-state index >= 15 is 0 Å². The van der Waals surface area contributed by atoms with E-state index in [9.17, 15) is 4.79 Å². The minimum Gasteiger partial charge on any atom is -0.310 e. The molecule has 0 unspecified atom stereocenters. The fourth-order valence-corrected chi connectivity index (χ4v) is 2.81. The molecule has 3 heterocycles. The molecular weight excluding hydrogens is 350 g/mol. The molecule has 4 aromatic rings. The number of benzene rings is 1. The summed E-state index contributed by atoms with van der Waals surface area (Å²) in [5.74, 6) is 0.391. The van der Waals surface area contributed by atoms with Gasteiger partial charge in [-0.15, -0.1) is 0 Å². The van der Waals surface area contributed by atoms with Crippen LogP contribution in [0.15, 0.2) is 85.5 Å².